The van der Waals surface area contributed by atoms with Crippen LogP contribution in [0.5, 0.6) is 0 Å². The number of aliphatic hydroxyl groups is 8. The highest BCUT2D eigenvalue weighted by Crippen LogP contribution is 2.70. The number of ether oxygens (including phenoxy) is 5. The molecule has 0 aromatic rings. The van der Waals surface area contributed by atoms with Gasteiger partial charge in [-0.25, -0.2) is 4.18 Å². The van der Waals surface area contributed by atoms with Crippen LogP contribution in [-0.2, 0) is 38.3 Å². The molecule has 0 spiro atoms. The molecule has 330 valence electrons. The zero-order valence-corrected chi connectivity index (χ0v) is 34.4. The van der Waals surface area contributed by atoms with Crippen molar-refractivity contribution in [1.82, 2.24) is 0 Å². The molecule has 17 nitrogen and oxygen atoms in total. The minimum absolute atomic E-state index is 0.0250. The number of methoxy groups -OCH3 is 1. The van der Waals surface area contributed by atoms with Crippen molar-refractivity contribution in [2.45, 2.75) is 158 Å². The molecule has 57 heavy (non-hydrogen) atoms. The molecule has 0 radical (unpaired) electrons. The molecule has 6 aliphatic rings. The molecule has 0 aromatic heterocycles. The van der Waals surface area contributed by atoms with Crippen LogP contribution in [0.1, 0.15) is 79.1 Å². The molecular weight excluding hydrogens is 772 g/mol. The number of rotatable bonds is 13. The standard InChI is InChI=1S/C39H66O17S/c1-18(20(3)15-52-35-33(31(26(44)17-53-35)56-57(48,49)50)55-36-32(51-6)30(46)25(43)16-54-36)7-8-19(2)21-13-23(41)34-37(21,4)12-10-27-38(5)11-9-22(40)29(45)28(38)24(42)14-39(27,34)47/h19-36,40-47H,1,7-17H2,2-6H3,(H,48,49,50)/t19-,20+,21-,22+,23-,24+,25-,26-,27-,28+,29+,30+,31+,32-,33-,34-,35-,36+,37-,38-,39+/m1/s1. The van der Waals surface area contributed by atoms with Crippen LogP contribution in [0.3, 0.4) is 0 Å². The van der Waals surface area contributed by atoms with Crippen molar-refractivity contribution in [2.24, 2.45) is 46.3 Å². The van der Waals surface area contributed by atoms with Gasteiger partial charge in [-0.3, -0.25) is 4.55 Å². The van der Waals surface area contributed by atoms with Gasteiger partial charge in [-0.15, -0.1) is 0 Å². The minimum atomic E-state index is -5.08. The molecule has 0 aromatic carbocycles. The van der Waals surface area contributed by atoms with E-state index in [1.54, 1.807) is 0 Å². The Morgan fingerprint density at radius 2 is 1.49 bits per heavy atom. The fourth-order valence-electron chi connectivity index (χ4n) is 12.3. The summed E-state index contributed by atoms with van der Waals surface area (Å²) in [5.41, 5.74) is -1.48. The van der Waals surface area contributed by atoms with Crippen LogP contribution in [0.15, 0.2) is 12.2 Å². The van der Waals surface area contributed by atoms with Crippen molar-refractivity contribution >= 4 is 10.4 Å². The average molecular weight is 839 g/mol. The van der Waals surface area contributed by atoms with E-state index in [9.17, 15) is 53.8 Å². The highest BCUT2D eigenvalue weighted by molar-refractivity contribution is 7.80. The maximum Gasteiger partial charge on any atom is 0.397 e. The lowest BCUT2D eigenvalue weighted by Gasteiger charge is -2.66. The molecule has 4 saturated carbocycles. The smallest absolute Gasteiger partial charge is 0.393 e. The van der Waals surface area contributed by atoms with Gasteiger partial charge in [0.05, 0.1) is 49.8 Å². The van der Waals surface area contributed by atoms with Crippen LogP contribution >= 0.6 is 0 Å². The summed E-state index contributed by atoms with van der Waals surface area (Å²) in [7, 11) is -3.83. The summed E-state index contributed by atoms with van der Waals surface area (Å²) in [5, 5.41) is 88.3. The van der Waals surface area contributed by atoms with Crippen molar-refractivity contribution in [1.29, 1.82) is 0 Å². The summed E-state index contributed by atoms with van der Waals surface area (Å²) < 4.78 is 66.3. The highest BCUT2D eigenvalue weighted by Gasteiger charge is 2.71. The third kappa shape index (κ3) is 8.51. The monoisotopic (exact) mass is 838 g/mol. The summed E-state index contributed by atoms with van der Waals surface area (Å²) >= 11 is 0. The average Bonchev–Trinajstić information content (AvgIpc) is 3.41. The summed E-state index contributed by atoms with van der Waals surface area (Å²) in [4.78, 5) is 0. The number of hydrogen-bond acceptors (Lipinski definition) is 16. The SMILES string of the molecule is C=C(CC[C@@H](C)[C@H]1C[C@@H](O)[C@@H]2[C@]1(C)CC[C@@H]1[C@@]3(C)CC[C@H](O)[C@H](O)[C@@H]3[C@@H](O)C[C@]12O)[C@@H](C)CO[C@@H]1OC[C@@H](O)[C@H](OS(=O)(=O)O)[C@H]1O[C@@H]1OC[C@@H](O)[C@H](O)[C@H]1OC. The Bertz CT molecular complexity index is 1520. The summed E-state index contributed by atoms with van der Waals surface area (Å²) in [6.45, 7) is 11.8. The Kier molecular flexibility index (Phi) is 13.7. The van der Waals surface area contributed by atoms with Gasteiger partial charge in [0.15, 0.2) is 12.6 Å². The van der Waals surface area contributed by atoms with E-state index in [0.717, 1.165) is 18.4 Å². The number of hydrogen-bond donors (Lipinski definition) is 9. The van der Waals surface area contributed by atoms with Crippen molar-refractivity contribution in [3.63, 3.8) is 0 Å². The maximum atomic E-state index is 12.6. The molecule has 0 bridgehead atoms. The van der Waals surface area contributed by atoms with Crippen LogP contribution in [0, 0.1) is 46.3 Å². The van der Waals surface area contributed by atoms with Gasteiger partial charge in [-0.2, -0.15) is 8.42 Å². The molecule has 2 aliphatic heterocycles. The lowest BCUT2D eigenvalue weighted by molar-refractivity contribution is -0.343. The van der Waals surface area contributed by atoms with Gasteiger partial charge >= 0.3 is 10.4 Å². The first-order valence-corrected chi connectivity index (χ1v) is 21.8. The zero-order valence-electron chi connectivity index (χ0n) is 33.6. The van der Waals surface area contributed by atoms with Crippen molar-refractivity contribution in [3.8, 4) is 0 Å². The molecule has 18 heteroatoms. The van der Waals surface area contributed by atoms with Crippen molar-refractivity contribution < 1.29 is 81.7 Å². The van der Waals surface area contributed by atoms with Crippen LogP contribution in [0.25, 0.3) is 0 Å². The molecule has 21 atom stereocenters. The van der Waals surface area contributed by atoms with E-state index in [2.05, 4.69) is 20.4 Å². The van der Waals surface area contributed by atoms with Gasteiger partial charge in [-0.05, 0) is 73.5 Å². The van der Waals surface area contributed by atoms with E-state index in [1.165, 1.54) is 7.11 Å². The Hall–Kier alpha value is -0.910. The van der Waals surface area contributed by atoms with Crippen LogP contribution in [-0.4, -0.2) is 160 Å². The summed E-state index contributed by atoms with van der Waals surface area (Å²) in [6, 6.07) is 0. The van der Waals surface area contributed by atoms with Crippen molar-refractivity contribution in [2.75, 3.05) is 26.9 Å². The maximum absolute atomic E-state index is 12.6. The Morgan fingerprint density at radius 1 is 0.842 bits per heavy atom. The number of fused-ring (bicyclic) bond motifs is 5. The van der Waals surface area contributed by atoms with Gasteiger partial charge in [0, 0.05) is 31.3 Å². The molecule has 2 heterocycles. The lowest BCUT2D eigenvalue weighted by Crippen LogP contribution is -2.70. The number of aliphatic hydroxyl groups excluding tert-OH is 7. The van der Waals surface area contributed by atoms with Crippen LogP contribution < -0.4 is 0 Å². The fourth-order valence-corrected chi connectivity index (χ4v) is 12.8. The Balaban J connectivity index is 1.09. The first kappa shape index (κ1) is 45.6. The first-order valence-electron chi connectivity index (χ1n) is 20.4. The molecule has 2 saturated heterocycles. The van der Waals surface area contributed by atoms with Gasteiger partial charge in [0.2, 0.25) is 0 Å². The molecule has 0 unspecified atom stereocenters. The van der Waals surface area contributed by atoms with Gasteiger partial charge in [0.1, 0.15) is 36.6 Å². The quantitative estimate of drug-likeness (QED) is 0.0875. The van der Waals surface area contributed by atoms with E-state index in [-0.39, 0.29) is 43.3 Å². The first-order chi connectivity index (χ1) is 26.6. The second-order valence-corrected chi connectivity index (χ2v) is 19.7. The molecule has 0 amide bonds. The van der Waals surface area contributed by atoms with Crippen LogP contribution in [0.4, 0.5) is 0 Å². The van der Waals surface area contributed by atoms with E-state index < -0.39 is 119 Å². The molecule has 6 fully saturated rings. The molecular formula is C39H66O17S. The summed E-state index contributed by atoms with van der Waals surface area (Å²) in [6.07, 6.45) is -10.9. The molecule has 9 N–H and O–H groups in total. The van der Waals surface area contributed by atoms with E-state index in [0.29, 0.717) is 32.1 Å². The highest BCUT2D eigenvalue weighted by atomic mass is 32.3. The molecule has 6 rings (SSSR count). The lowest BCUT2D eigenvalue weighted by atomic mass is 9.41. The van der Waals surface area contributed by atoms with E-state index in [4.69, 9.17) is 27.9 Å². The molecule has 4 aliphatic carbocycles. The Morgan fingerprint density at radius 3 is 2.16 bits per heavy atom. The second kappa shape index (κ2) is 17.1. The third-order valence-corrected chi connectivity index (χ3v) is 15.7. The normalized spacial score (nSPS) is 50.0. The fraction of sp³-hybridized carbons (Fsp3) is 0.949. The van der Waals surface area contributed by atoms with E-state index >= 15 is 0 Å². The summed E-state index contributed by atoms with van der Waals surface area (Å²) in [5.74, 6) is -1.32. The topological polar surface area (TPSA) is 272 Å². The van der Waals surface area contributed by atoms with Crippen LogP contribution in [0.2, 0.25) is 0 Å². The second-order valence-electron chi connectivity index (χ2n) is 18.6. The Labute approximate surface area is 335 Å². The largest absolute Gasteiger partial charge is 0.397 e. The van der Waals surface area contributed by atoms with Crippen molar-refractivity contribution in [3.05, 3.63) is 12.2 Å². The zero-order chi connectivity index (χ0) is 42.0. The van der Waals surface area contributed by atoms with Gasteiger partial charge in [0.25, 0.3) is 0 Å². The predicted octanol–water partition coefficient (Wildman–Crippen LogP) is 0.0422. The predicted molar refractivity (Wildman–Crippen MR) is 199 cm³/mol. The minimum Gasteiger partial charge on any atom is -0.393 e. The van der Waals surface area contributed by atoms with E-state index in [1.807, 2.05) is 13.8 Å². The third-order valence-electron chi connectivity index (χ3n) is 15.2. The van der Waals surface area contributed by atoms with Gasteiger partial charge in [-0.1, -0.05) is 39.8 Å². The van der Waals surface area contributed by atoms with Gasteiger partial charge < -0.3 is 64.5 Å².